The fraction of sp³-hybridized carbons (Fsp3) is 0.160. The van der Waals surface area contributed by atoms with Crippen molar-refractivity contribution in [2.75, 3.05) is 6.61 Å². The van der Waals surface area contributed by atoms with Gasteiger partial charge in [-0.1, -0.05) is 23.7 Å². The van der Waals surface area contributed by atoms with Crippen LogP contribution in [-0.4, -0.2) is 22.8 Å². The molecular formula is C25H19ClO5. The zero-order chi connectivity index (χ0) is 21.5. The molecule has 1 aliphatic heterocycles. The highest BCUT2D eigenvalue weighted by molar-refractivity contribution is 6.30. The summed E-state index contributed by atoms with van der Waals surface area (Å²) in [6, 6.07) is 18.1. The van der Waals surface area contributed by atoms with Crippen molar-refractivity contribution in [3.8, 4) is 22.8 Å². The molecule has 0 bridgehead atoms. The van der Waals surface area contributed by atoms with Crippen LogP contribution in [0.3, 0.4) is 0 Å². The first-order chi connectivity index (χ1) is 15.0. The van der Waals surface area contributed by atoms with E-state index in [4.69, 9.17) is 20.8 Å². The predicted molar refractivity (Wildman–Crippen MR) is 118 cm³/mol. The molecule has 0 aliphatic carbocycles. The Hall–Kier alpha value is -3.44. The number of rotatable bonds is 4. The van der Waals surface area contributed by atoms with Crippen LogP contribution < -0.4 is 4.74 Å². The second-order valence-corrected chi connectivity index (χ2v) is 8.18. The summed E-state index contributed by atoms with van der Waals surface area (Å²) in [7, 11) is 0. The molecule has 1 atom stereocenters. The number of fused-ring (bicyclic) bond motifs is 2. The Labute approximate surface area is 183 Å². The summed E-state index contributed by atoms with van der Waals surface area (Å²) in [5, 5.41) is 20.4. The maximum absolute atomic E-state index is 11.6. The number of aromatic hydroxyl groups is 1. The first-order valence-corrected chi connectivity index (χ1v) is 10.3. The minimum absolute atomic E-state index is 0.147. The number of halogens is 1. The van der Waals surface area contributed by atoms with E-state index < -0.39 is 5.97 Å². The summed E-state index contributed by atoms with van der Waals surface area (Å²) in [6.45, 7) is 0.524. The maximum Gasteiger partial charge on any atom is 0.307 e. The van der Waals surface area contributed by atoms with Gasteiger partial charge in [-0.2, -0.15) is 0 Å². The van der Waals surface area contributed by atoms with Gasteiger partial charge in [0.05, 0.1) is 13.0 Å². The van der Waals surface area contributed by atoms with Gasteiger partial charge >= 0.3 is 5.97 Å². The van der Waals surface area contributed by atoms with Crippen molar-refractivity contribution in [1.29, 1.82) is 0 Å². The lowest BCUT2D eigenvalue weighted by Gasteiger charge is -2.25. The van der Waals surface area contributed by atoms with E-state index in [9.17, 15) is 15.0 Å². The van der Waals surface area contributed by atoms with Crippen LogP contribution in [0.4, 0.5) is 0 Å². The summed E-state index contributed by atoms with van der Waals surface area (Å²) < 4.78 is 12.1. The molecule has 0 saturated carbocycles. The fourth-order valence-electron chi connectivity index (χ4n) is 4.15. The van der Waals surface area contributed by atoms with Gasteiger partial charge in [0, 0.05) is 33.5 Å². The van der Waals surface area contributed by atoms with Crippen molar-refractivity contribution < 1.29 is 24.2 Å². The quantitative estimate of drug-likeness (QED) is 0.424. The number of benzene rings is 3. The average Bonchev–Trinajstić information content (AvgIpc) is 3.09. The summed E-state index contributed by atoms with van der Waals surface area (Å²) in [5.74, 6) is 0.742. The molecule has 5 nitrogen and oxygen atoms in total. The van der Waals surface area contributed by atoms with Crippen LogP contribution in [0.25, 0.3) is 22.3 Å². The Morgan fingerprint density at radius 1 is 1.06 bits per heavy atom. The number of aliphatic carboxylic acids is 1. The molecular weight excluding hydrogens is 416 g/mol. The monoisotopic (exact) mass is 434 g/mol. The van der Waals surface area contributed by atoms with Crippen molar-refractivity contribution in [2.45, 2.75) is 18.8 Å². The molecule has 4 aromatic rings. The number of carbonyl (C=O) groups is 1. The van der Waals surface area contributed by atoms with E-state index in [1.54, 1.807) is 24.3 Å². The molecule has 0 saturated heterocycles. The second-order valence-electron chi connectivity index (χ2n) is 7.75. The highest BCUT2D eigenvalue weighted by Gasteiger charge is 2.25. The first-order valence-electron chi connectivity index (χ1n) is 9.95. The molecule has 0 amide bonds. The number of furan rings is 1. The molecule has 6 heteroatoms. The molecule has 1 unspecified atom stereocenters. The van der Waals surface area contributed by atoms with E-state index in [-0.39, 0.29) is 18.1 Å². The third-order valence-electron chi connectivity index (χ3n) is 5.68. The molecule has 0 fully saturated rings. The van der Waals surface area contributed by atoms with Crippen molar-refractivity contribution in [1.82, 2.24) is 0 Å². The maximum atomic E-state index is 11.6. The molecule has 31 heavy (non-hydrogen) atoms. The van der Waals surface area contributed by atoms with Gasteiger partial charge in [0.2, 0.25) is 0 Å². The number of carboxylic acid groups (broad SMARTS) is 1. The average molecular weight is 435 g/mol. The van der Waals surface area contributed by atoms with E-state index in [1.807, 2.05) is 36.4 Å². The second kappa shape index (κ2) is 7.67. The smallest absolute Gasteiger partial charge is 0.307 e. The molecule has 2 heterocycles. The van der Waals surface area contributed by atoms with Crippen LogP contribution in [0.2, 0.25) is 5.02 Å². The molecule has 0 radical (unpaired) electrons. The normalized spacial score (nSPS) is 15.5. The van der Waals surface area contributed by atoms with Gasteiger partial charge in [0.15, 0.2) is 0 Å². The van der Waals surface area contributed by atoms with E-state index in [2.05, 4.69) is 0 Å². The van der Waals surface area contributed by atoms with Gasteiger partial charge in [0.1, 0.15) is 22.8 Å². The summed E-state index contributed by atoms with van der Waals surface area (Å²) in [4.78, 5) is 11.6. The van der Waals surface area contributed by atoms with E-state index in [1.165, 1.54) is 0 Å². The lowest BCUT2D eigenvalue weighted by atomic mass is 9.89. The van der Waals surface area contributed by atoms with Gasteiger partial charge in [-0.25, -0.2) is 0 Å². The number of hydrogen-bond donors (Lipinski definition) is 2. The molecule has 3 aromatic carbocycles. The molecule has 1 aromatic heterocycles. The Morgan fingerprint density at radius 3 is 2.52 bits per heavy atom. The first kappa shape index (κ1) is 19.5. The van der Waals surface area contributed by atoms with Crippen LogP contribution in [-0.2, 0) is 17.6 Å². The largest absolute Gasteiger partial charge is 0.508 e. The predicted octanol–water partition coefficient (Wildman–Crippen LogP) is 5.80. The lowest BCUT2D eigenvalue weighted by Crippen LogP contribution is -2.19. The van der Waals surface area contributed by atoms with Crippen molar-refractivity contribution in [3.63, 3.8) is 0 Å². The van der Waals surface area contributed by atoms with Gasteiger partial charge < -0.3 is 19.4 Å². The number of carboxylic acids is 1. The van der Waals surface area contributed by atoms with Crippen LogP contribution >= 0.6 is 11.6 Å². The van der Waals surface area contributed by atoms with Crippen LogP contribution in [0.5, 0.6) is 11.5 Å². The minimum Gasteiger partial charge on any atom is -0.508 e. The van der Waals surface area contributed by atoms with Gasteiger partial charge in [0.25, 0.3) is 0 Å². The summed E-state index contributed by atoms with van der Waals surface area (Å²) in [6.07, 6.45) is 0.607. The van der Waals surface area contributed by atoms with Gasteiger partial charge in [-0.3, -0.25) is 4.79 Å². The standard InChI is InChI=1S/C25H19ClO5/c26-18-5-1-15(2-6-18)25-21(11-24(28)29)20-10-16-9-17(14-3-7-19(27)8-4-14)13-30-22(16)12-23(20)31-25/h1-8,10,12,17,27H,9,11,13H2,(H,28,29). The van der Waals surface area contributed by atoms with Crippen LogP contribution in [0, 0.1) is 0 Å². The topological polar surface area (TPSA) is 79.9 Å². The molecule has 0 spiro atoms. The zero-order valence-electron chi connectivity index (χ0n) is 16.5. The van der Waals surface area contributed by atoms with E-state index >= 15 is 0 Å². The van der Waals surface area contributed by atoms with Crippen molar-refractivity contribution in [3.05, 3.63) is 82.4 Å². The Balaban J connectivity index is 1.59. The minimum atomic E-state index is -0.922. The van der Waals surface area contributed by atoms with Gasteiger partial charge in [-0.05, 0) is 60.0 Å². The summed E-state index contributed by atoms with van der Waals surface area (Å²) in [5.41, 5.74) is 4.11. The third-order valence-corrected chi connectivity index (χ3v) is 5.93. The number of phenolic OH excluding ortho intramolecular Hbond substituents is 1. The molecule has 5 rings (SSSR count). The lowest BCUT2D eigenvalue weighted by molar-refractivity contribution is -0.136. The molecule has 156 valence electrons. The van der Waals surface area contributed by atoms with Crippen LogP contribution in [0.15, 0.2) is 65.1 Å². The van der Waals surface area contributed by atoms with Crippen molar-refractivity contribution in [2.24, 2.45) is 0 Å². The Bertz CT molecular complexity index is 1270. The third kappa shape index (κ3) is 3.73. The fourth-order valence-corrected chi connectivity index (χ4v) is 4.28. The number of phenols is 1. The number of hydrogen-bond acceptors (Lipinski definition) is 4. The SMILES string of the molecule is O=C(O)Cc1c(-c2ccc(Cl)cc2)oc2cc3c(cc12)CC(c1ccc(O)cc1)CO3. The molecule has 1 aliphatic rings. The van der Waals surface area contributed by atoms with E-state index in [0.717, 1.165) is 34.2 Å². The van der Waals surface area contributed by atoms with E-state index in [0.29, 0.717) is 28.5 Å². The zero-order valence-corrected chi connectivity index (χ0v) is 17.2. The number of ether oxygens (including phenoxy) is 1. The highest BCUT2D eigenvalue weighted by atomic mass is 35.5. The van der Waals surface area contributed by atoms with Crippen molar-refractivity contribution >= 4 is 28.5 Å². The molecule has 2 N–H and O–H groups in total. The van der Waals surface area contributed by atoms with Crippen LogP contribution in [0.1, 0.15) is 22.6 Å². The van der Waals surface area contributed by atoms with Gasteiger partial charge in [-0.15, -0.1) is 0 Å². The Morgan fingerprint density at radius 2 is 1.81 bits per heavy atom. The Kier molecular flexibility index (Phi) is 4.83. The summed E-state index contributed by atoms with van der Waals surface area (Å²) >= 11 is 6.01. The highest BCUT2D eigenvalue weighted by Crippen LogP contribution is 2.41.